The molecule has 2 rings (SSSR count). The fourth-order valence-electron chi connectivity index (χ4n) is 2.35. The van der Waals surface area contributed by atoms with Gasteiger partial charge in [0.25, 0.3) is 0 Å². The van der Waals surface area contributed by atoms with E-state index in [1.807, 2.05) is 36.4 Å². The van der Waals surface area contributed by atoms with Gasteiger partial charge in [-0.3, -0.25) is 0 Å². The molecule has 0 radical (unpaired) electrons. The van der Waals surface area contributed by atoms with Crippen LogP contribution in [0.25, 0.3) is 0 Å². The smallest absolute Gasteiger partial charge is 0.188 e. The minimum absolute atomic E-state index is 0.163. The Morgan fingerprint density at radius 1 is 0.870 bits per heavy atom. The first-order chi connectivity index (χ1) is 10.9. The van der Waals surface area contributed by atoms with E-state index in [9.17, 15) is 0 Å². The van der Waals surface area contributed by atoms with Crippen LogP contribution in [-0.2, 0) is 10.2 Å². The molecule has 124 valence electrons. The van der Waals surface area contributed by atoms with E-state index < -0.39 is 0 Å². The molecule has 0 saturated heterocycles. The number of benzene rings is 2. The van der Waals surface area contributed by atoms with Gasteiger partial charge in [0.2, 0.25) is 0 Å². The highest BCUT2D eigenvalue weighted by Crippen LogP contribution is 2.38. The first-order valence-electron chi connectivity index (χ1n) is 7.16. The maximum atomic E-state index is 6.31. The van der Waals surface area contributed by atoms with Crippen molar-refractivity contribution in [2.75, 3.05) is 21.0 Å². The monoisotopic (exact) mass is 354 g/mol. The number of hydrogen-bond donors (Lipinski definition) is 0. The van der Waals surface area contributed by atoms with Gasteiger partial charge in [0, 0.05) is 12.5 Å². The molecule has 2 aromatic carbocycles. The Kier molecular flexibility index (Phi) is 5.79. The molecule has 0 aliphatic rings. The van der Waals surface area contributed by atoms with Gasteiger partial charge in [-0.05, 0) is 35.4 Å². The molecule has 23 heavy (non-hydrogen) atoms. The van der Waals surface area contributed by atoms with Crippen LogP contribution in [0.3, 0.4) is 0 Å². The average Bonchev–Trinajstić information content (AvgIpc) is 2.53. The zero-order valence-corrected chi connectivity index (χ0v) is 15.2. The van der Waals surface area contributed by atoms with E-state index in [1.54, 1.807) is 14.2 Å². The summed E-state index contributed by atoms with van der Waals surface area (Å²) in [5.41, 5.74) is 1.87. The van der Waals surface area contributed by atoms with Crippen LogP contribution < -0.4 is 9.47 Å². The highest BCUT2D eigenvalue weighted by atomic mass is 35.5. The summed E-state index contributed by atoms with van der Waals surface area (Å²) in [6.07, 6.45) is 0. The summed E-state index contributed by atoms with van der Waals surface area (Å²) in [4.78, 5) is 0. The van der Waals surface area contributed by atoms with Crippen molar-refractivity contribution in [1.29, 1.82) is 0 Å². The van der Waals surface area contributed by atoms with E-state index in [2.05, 4.69) is 13.8 Å². The molecule has 0 fully saturated rings. The predicted molar refractivity (Wildman–Crippen MR) is 94.1 cm³/mol. The normalized spacial score (nSPS) is 11.4. The third-order valence-electron chi connectivity index (χ3n) is 3.86. The molecule has 0 aliphatic heterocycles. The lowest BCUT2D eigenvalue weighted by Crippen LogP contribution is -2.19. The summed E-state index contributed by atoms with van der Waals surface area (Å²) in [6, 6.07) is 11.6. The van der Waals surface area contributed by atoms with E-state index >= 15 is 0 Å². The molecule has 0 aliphatic carbocycles. The fourth-order valence-corrected chi connectivity index (χ4v) is 2.84. The van der Waals surface area contributed by atoms with Crippen LogP contribution in [0.5, 0.6) is 11.5 Å². The van der Waals surface area contributed by atoms with Crippen molar-refractivity contribution in [2.24, 2.45) is 0 Å². The molecular formula is C18H20Cl2O3. The van der Waals surface area contributed by atoms with Crippen molar-refractivity contribution >= 4 is 23.2 Å². The third-order valence-corrected chi connectivity index (χ3v) is 4.45. The molecular weight excluding hydrogens is 335 g/mol. The molecule has 0 atom stereocenters. The summed E-state index contributed by atoms with van der Waals surface area (Å²) < 4.78 is 15.5. The van der Waals surface area contributed by atoms with Crippen molar-refractivity contribution in [1.82, 2.24) is 0 Å². The minimum Gasteiger partial charge on any atom is -0.495 e. The van der Waals surface area contributed by atoms with Gasteiger partial charge in [-0.15, -0.1) is 0 Å². The fraction of sp³-hybridized carbons (Fsp3) is 0.333. The summed E-state index contributed by atoms with van der Waals surface area (Å²) in [5, 5.41) is 1.14. The molecule has 0 heterocycles. The van der Waals surface area contributed by atoms with E-state index in [-0.39, 0.29) is 12.2 Å². The Bertz CT molecular complexity index is 684. The Hall–Kier alpha value is -1.42. The number of methoxy groups -OCH3 is 2. The zero-order valence-electron chi connectivity index (χ0n) is 13.7. The molecule has 0 bridgehead atoms. The van der Waals surface area contributed by atoms with Gasteiger partial charge in [0.1, 0.15) is 11.5 Å². The summed E-state index contributed by atoms with van der Waals surface area (Å²) in [5.74, 6) is 1.26. The van der Waals surface area contributed by atoms with Gasteiger partial charge in [-0.25, -0.2) is 0 Å². The maximum absolute atomic E-state index is 6.31. The standard InChI is InChI=1S/C18H20Cl2O3/c1-18(2,12-5-7-16(22-4)14(19)9-12)13-6-8-17(15(20)10-13)23-11-21-3/h5-10H,11H2,1-4H3. The second kappa shape index (κ2) is 7.43. The Balaban J connectivity index is 2.35. The van der Waals surface area contributed by atoms with Crippen molar-refractivity contribution in [2.45, 2.75) is 19.3 Å². The molecule has 5 heteroatoms. The van der Waals surface area contributed by atoms with Gasteiger partial charge >= 0.3 is 0 Å². The number of rotatable bonds is 6. The minimum atomic E-state index is -0.265. The van der Waals surface area contributed by atoms with E-state index in [1.165, 1.54) is 0 Å². The lowest BCUT2D eigenvalue weighted by atomic mass is 9.78. The number of ether oxygens (including phenoxy) is 3. The van der Waals surface area contributed by atoms with Gasteiger partial charge in [-0.1, -0.05) is 49.2 Å². The molecule has 0 aromatic heterocycles. The number of hydrogen-bond acceptors (Lipinski definition) is 3. The first kappa shape index (κ1) is 17.9. The third kappa shape index (κ3) is 3.92. The molecule has 3 nitrogen and oxygen atoms in total. The van der Waals surface area contributed by atoms with E-state index in [4.69, 9.17) is 37.4 Å². The van der Waals surface area contributed by atoms with Crippen molar-refractivity contribution < 1.29 is 14.2 Å². The summed E-state index contributed by atoms with van der Waals surface area (Å²) in [6.45, 7) is 4.40. The highest BCUT2D eigenvalue weighted by molar-refractivity contribution is 6.32. The molecule has 0 saturated carbocycles. The second-order valence-electron chi connectivity index (χ2n) is 5.67. The molecule has 0 unspecified atom stereocenters. The van der Waals surface area contributed by atoms with Crippen LogP contribution in [0.1, 0.15) is 25.0 Å². The van der Waals surface area contributed by atoms with Crippen LogP contribution in [0.2, 0.25) is 10.0 Å². The van der Waals surface area contributed by atoms with Crippen LogP contribution in [0.4, 0.5) is 0 Å². The van der Waals surface area contributed by atoms with Crippen molar-refractivity contribution in [3.8, 4) is 11.5 Å². The van der Waals surface area contributed by atoms with Gasteiger partial charge in [0.05, 0.1) is 17.2 Å². The zero-order chi connectivity index (χ0) is 17.0. The van der Waals surface area contributed by atoms with Crippen LogP contribution >= 0.6 is 23.2 Å². The molecule has 2 aromatic rings. The Morgan fingerprint density at radius 3 is 1.83 bits per heavy atom. The topological polar surface area (TPSA) is 27.7 Å². The van der Waals surface area contributed by atoms with Crippen LogP contribution in [0.15, 0.2) is 36.4 Å². The largest absolute Gasteiger partial charge is 0.495 e. The molecule has 0 amide bonds. The summed E-state index contributed by atoms with van der Waals surface area (Å²) >= 11 is 12.6. The van der Waals surface area contributed by atoms with Crippen LogP contribution in [0, 0.1) is 0 Å². The van der Waals surface area contributed by atoms with Crippen molar-refractivity contribution in [3.05, 3.63) is 57.6 Å². The lowest BCUT2D eigenvalue weighted by Gasteiger charge is -2.27. The highest BCUT2D eigenvalue weighted by Gasteiger charge is 2.25. The first-order valence-corrected chi connectivity index (χ1v) is 7.91. The van der Waals surface area contributed by atoms with Crippen molar-refractivity contribution in [3.63, 3.8) is 0 Å². The number of halogens is 2. The maximum Gasteiger partial charge on any atom is 0.188 e. The summed E-state index contributed by atoms with van der Waals surface area (Å²) in [7, 11) is 3.17. The van der Waals surface area contributed by atoms with Crippen LogP contribution in [-0.4, -0.2) is 21.0 Å². The quantitative estimate of drug-likeness (QED) is 0.657. The lowest BCUT2D eigenvalue weighted by molar-refractivity contribution is 0.0512. The molecule has 0 N–H and O–H groups in total. The van der Waals surface area contributed by atoms with Gasteiger partial charge < -0.3 is 14.2 Å². The van der Waals surface area contributed by atoms with E-state index in [0.717, 1.165) is 11.1 Å². The van der Waals surface area contributed by atoms with Gasteiger partial charge in [-0.2, -0.15) is 0 Å². The SMILES string of the molecule is COCOc1ccc(C(C)(C)c2ccc(OC)c(Cl)c2)cc1Cl. The predicted octanol–water partition coefficient (Wildman–Crippen LogP) is 5.31. The average molecular weight is 355 g/mol. The van der Waals surface area contributed by atoms with E-state index in [0.29, 0.717) is 21.5 Å². The second-order valence-corrected chi connectivity index (χ2v) is 6.48. The molecule has 0 spiro atoms. The Labute approximate surface area is 147 Å². The van der Waals surface area contributed by atoms with Gasteiger partial charge in [0.15, 0.2) is 6.79 Å². The Morgan fingerprint density at radius 2 is 1.39 bits per heavy atom.